The van der Waals surface area contributed by atoms with Gasteiger partial charge in [-0.15, -0.1) is 0 Å². The lowest BCUT2D eigenvalue weighted by molar-refractivity contribution is -0.139. The van der Waals surface area contributed by atoms with Crippen molar-refractivity contribution in [1.29, 1.82) is 0 Å². The topological polar surface area (TPSA) is 92.9 Å². The van der Waals surface area contributed by atoms with Crippen LogP contribution in [0.5, 0.6) is 0 Å². The normalized spacial score (nSPS) is 18.9. The van der Waals surface area contributed by atoms with Gasteiger partial charge in [0.05, 0.1) is 36.9 Å². The van der Waals surface area contributed by atoms with Crippen molar-refractivity contribution >= 4 is 17.6 Å². The third-order valence-corrected chi connectivity index (χ3v) is 3.18. The van der Waals surface area contributed by atoms with Gasteiger partial charge in [-0.3, -0.25) is 9.59 Å². The number of benzene rings is 1. The van der Waals surface area contributed by atoms with Crippen LogP contribution in [0, 0.1) is 5.82 Å². The van der Waals surface area contributed by atoms with E-state index in [1.807, 2.05) is 0 Å². The Kier molecular flexibility index (Phi) is 4.19. The van der Waals surface area contributed by atoms with Crippen molar-refractivity contribution in [3.05, 3.63) is 29.6 Å². The van der Waals surface area contributed by atoms with E-state index in [0.29, 0.717) is 6.61 Å². The van der Waals surface area contributed by atoms with E-state index in [2.05, 4.69) is 0 Å². The predicted octanol–water partition coefficient (Wildman–Crippen LogP) is 0.724. The second kappa shape index (κ2) is 5.87. The summed E-state index contributed by atoms with van der Waals surface area (Å²) in [7, 11) is 0. The summed E-state index contributed by atoms with van der Waals surface area (Å²) < 4.78 is 18.6. The summed E-state index contributed by atoms with van der Waals surface area (Å²) in [6, 6.07) is 3.41. The van der Waals surface area contributed by atoms with Gasteiger partial charge in [-0.2, -0.15) is 0 Å². The minimum atomic E-state index is -1.02. The molecule has 0 saturated carbocycles. The van der Waals surface area contributed by atoms with Gasteiger partial charge in [0.15, 0.2) is 0 Å². The number of hydrogen-bond donors (Lipinski definition) is 2. The average Bonchev–Trinajstić information content (AvgIpc) is 2.41. The molecule has 7 heteroatoms. The Morgan fingerprint density at radius 1 is 1.50 bits per heavy atom. The SMILES string of the molecule is Nc1c(F)cccc1C(=O)N1CCOCC1CC(=O)O. The molecule has 0 aliphatic carbocycles. The molecule has 1 aliphatic rings. The van der Waals surface area contributed by atoms with Crippen LogP contribution in [-0.2, 0) is 9.53 Å². The largest absolute Gasteiger partial charge is 0.481 e. The quantitative estimate of drug-likeness (QED) is 0.797. The van der Waals surface area contributed by atoms with E-state index in [4.69, 9.17) is 15.6 Å². The number of halogens is 1. The molecule has 2 rings (SSSR count). The summed E-state index contributed by atoms with van der Waals surface area (Å²) >= 11 is 0. The van der Waals surface area contributed by atoms with Crippen LogP contribution in [0.1, 0.15) is 16.8 Å². The fourth-order valence-corrected chi connectivity index (χ4v) is 2.17. The molecule has 1 heterocycles. The number of carboxylic acids is 1. The van der Waals surface area contributed by atoms with E-state index in [9.17, 15) is 14.0 Å². The molecule has 1 amide bonds. The summed E-state index contributed by atoms with van der Waals surface area (Å²) in [5.41, 5.74) is 5.39. The summed E-state index contributed by atoms with van der Waals surface area (Å²) in [6.45, 7) is 0.719. The molecule has 108 valence electrons. The first kappa shape index (κ1) is 14.3. The molecule has 0 radical (unpaired) electrons. The maximum Gasteiger partial charge on any atom is 0.305 e. The summed E-state index contributed by atoms with van der Waals surface area (Å²) in [5, 5.41) is 8.86. The van der Waals surface area contributed by atoms with Crippen LogP contribution in [0.25, 0.3) is 0 Å². The highest BCUT2D eigenvalue weighted by Gasteiger charge is 2.30. The van der Waals surface area contributed by atoms with Crippen molar-refractivity contribution in [3.63, 3.8) is 0 Å². The van der Waals surface area contributed by atoms with E-state index < -0.39 is 23.7 Å². The van der Waals surface area contributed by atoms with Crippen molar-refractivity contribution in [2.45, 2.75) is 12.5 Å². The number of rotatable bonds is 3. The van der Waals surface area contributed by atoms with Crippen LogP contribution in [-0.4, -0.2) is 47.7 Å². The van der Waals surface area contributed by atoms with Gasteiger partial charge < -0.3 is 20.5 Å². The second-order valence-electron chi connectivity index (χ2n) is 4.53. The highest BCUT2D eigenvalue weighted by atomic mass is 19.1. The Hall–Kier alpha value is -2.15. The lowest BCUT2D eigenvalue weighted by atomic mass is 10.1. The zero-order valence-corrected chi connectivity index (χ0v) is 10.7. The third-order valence-electron chi connectivity index (χ3n) is 3.18. The number of hydrogen-bond acceptors (Lipinski definition) is 4. The van der Waals surface area contributed by atoms with Crippen molar-refractivity contribution in [1.82, 2.24) is 4.90 Å². The smallest absolute Gasteiger partial charge is 0.305 e. The fourth-order valence-electron chi connectivity index (χ4n) is 2.17. The molecule has 1 aromatic carbocycles. The highest BCUT2D eigenvalue weighted by molar-refractivity contribution is 5.99. The molecule has 1 aliphatic heterocycles. The molecule has 20 heavy (non-hydrogen) atoms. The average molecular weight is 282 g/mol. The first-order valence-electron chi connectivity index (χ1n) is 6.15. The number of carbonyl (C=O) groups is 2. The lowest BCUT2D eigenvalue weighted by Gasteiger charge is -2.35. The Morgan fingerprint density at radius 2 is 2.25 bits per heavy atom. The van der Waals surface area contributed by atoms with Crippen molar-refractivity contribution < 1.29 is 23.8 Å². The number of ether oxygens (including phenoxy) is 1. The second-order valence-corrected chi connectivity index (χ2v) is 4.53. The molecule has 0 spiro atoms. The molecule has 6 nitrogen and oxygen atoms in total. The highest BCUT2D eigenvalue weighted by Crippen LogP contribution is 2.21. The Balaban J connectivity index is 2.25. The number of carboxylic acid groups (broad SMARTS) is 1. The van der Waals surface area contributed by atoms with E-state index in [1.165, 1.54) is 23.1 Å². The molecule has 1 aromatic rings. The van der Waals surface area contributed by atoms with Gasteiger partial charge in [0.25, 0.3) is 5.91 Å². The van der Waals surface area contributed by atoms with Gasteiger partial charge in [-0.05, 0) is 12.1 Å². The Bertz CT molecular complexity index is 535. The molecule has 1 fully saturated rings. The van der Waals surface area contributed by atoms with Crippen LogP contribution in [0.2, 0.25) is 0 Å². The number of nitrogen functional groups attached to an aromatic ring is 1. The Labute approximate surface area is 114 Å². The summed E-state index contributed by atoms with van der Waals surface area (Å²) in [5.74, 6) is -2.17. The molecule has 0 aromatic heterocycles. The number of anilines is 1. The summed E-state index contributed by atoms with van der Waals surface area (Å²) in [4.78, 5) is 24.6. The van der Waals surface area contributed by atoms with Gasteiger partial charge in [-0.25, -0.2) is 4.39 Å². The minimum absolute atomic E-state index is 0.0438. The number of amides is 1. The molecule has 0 bridgehead atoms. The molecule has 3 N–H and O–H groups in total. The first-order chi connectivity index (χ1) is 9.50. The lowest BCUT2D eigenvalue weighted by Crippen LogP contribution is -2.49. The van der Waals surface area contributed by atoms with Crippen molar-refractivity contribution in [2.75, 3.05) is 25.5 Å². The van der Waals surface area contributed by atoms with Crippen LogP contribution in [0.4, 0.5) is 10.1 Å². The standard InChI is InChI=1S/C13H15FN2O4/c14-10-3-1-2-9(12(10)15)13(19)16-4-5-20-7-8(16)6-11(17)18/h1-3,8H,4-7,15H2,(H,17,18). The predicted molar refractivity (Wildman–Crippen MR) is 68.7 cm³/mol. The molecule has 1 saturated heterocycles. The maximum absolute atomic E-state index is 13.4. The number of aliphatic carboxylic acids is 1. The Morgan fingerprint density at radius 3 is 2.95 bits per heavy atom. The van der Waals surface area contributed by atoms with Crippen molar-refractivity contribution in [2.24, 2.45) is 0 Å². The minimum Gasteiger partial charge on any atom is -0.481 e. The molecule has 1 atom stereocenters. The van der Waals surface area contributed by atoms with Crippen LogP contribution < -0.4 is 5.73 Å². The van der Waals surface area contributed by atoms with Gasteiger partial charge in [0.2, 0.25) is 0 Å². The number of morpholine rings is 1. The fraction of sp³-hybridized carbons (Fsp3) is 0.385. The molecular weight excluding hydrogens is 267 g/mol. The third kappa shape index (κ3) is 2.88. The van der Waals surface area contributed by atoms with E-state index in [1.54, 1.807) is 0 Å². The van der Waals surface area contributed by atoms with E-state index in [-0.39, 0.29) is 30.8 Å². The van der Waals surface area contributed by atoms with E-state index in [0.717, 1.165) is 0 Å². The molecular formula is C13H15FN2O4. The number of para-hydroxylation sites is 1. The zero-order valence-electron chi connectivity index (χ0n) is 10.7. The van der Waals surface area contributed by atoms with Gasteiger partial charge >= 0.3 is 5.97 Å². The maximum atomic E-state index is 13.4. The van der Waals surface area contributed by atoms with Crippen LogP contribution >= 0.6 is 0 Å². The van der Waals surface area contributed by atoms with Gasteiger partial charge in [-0.1, -0.05) is 6.07 Å². The van der Waals surface area contributed by atoms with Crippen LogP contribution in [0.15, 0.2) is 18.2 Å². The zero-order chi connectivity index (χ0) is 14.7. The van der Waals surface area contributed by atoms with Crippen LogP contribution in [0.3, 0.4) is 0 Å². The first-order valence-corrected chi connectivity index (χ1v) is 6.15. The van der Waals surface area contributed by atoms with Gasteiger partial charge in [0, 0.05) is 6.54 Å². The van der Waals surface area contributed by atoms with E-state index >= 15 is 0 Å². The number of carbonyl (C=O) groups excluding carboxylic acids is 1. The monoisotopic (exact) mass is 282 g/mol. The van der Waals surface area contributed by atoms with Crippen molar-refractivity contribution in [3.8, 4) is 0 Å². The number of nitrogens with two attached hydrogens (primary N) is 1. The molecule has 1 unspecified atom stereocenters. The number of nitrogens with zero attached hydrogens (tertiary/aromatic N) is 1. The summed E-state index contributed by atoms with van der Waals surface area (Å²) in [6.07, 6.45) is -0.221. The van der Waals surface area contributed by atoms with Gasteiger partial charge in [0.1, 0.15) is 5.82 Å².